The normalized spacial score (nSPS) is 18.2. The Hall–Kier alpha value is -2.63. The molecule has 1 aliphatic heterocycles. The number of aromatic amines is 1. The minimum Gasteiger partial charge on any atom is -0.337 e. The van der Waals surface area contributed by atoms with Crippen molar-refractivity contribution < 1.29 is 4.79 Å². The molecule has 0 bridgehead atoms. The van der Waals surface area contributed by atoms with E-state index in [9.17, 15) is 4.79 Å². The molecule has 0 aliphatic carbocycles. The van der Waals surface area contributed by atoms with E-state index in [1.807, 2.05) is 46.8 Å². The van der Waals surface area contributed by atoms with Gasteiger partial charge in [-0.15, -0.1) is 0 Å². The summed E-state index contributed by atoms with van der Waals surface area (Å²) in [5.74, 6) is 0.507. The van der Waals surface area contributed by atoms with E-state index in [1.54, 1.807) is 6.20 Å². The molecule has 1 amide bonds. The number of H-pyrrole nitrogens is 1. The average Bonchev–Trinajstić information content (AvgIpc) is 3.23. The number of pyridine rings is 1. The van der Waals surface area contributed by atoms with Crippen LogP contribution in [0.15, 0.2) is 36.8 Å². The highest BCUT2D eigenvalue weighted by atomic mass is 16.2. The van der Waals surface area contributed by atoms with Crippen molar-refractivity contribution in [2.75, 3.05) is 13.1 Å². The first-order valence-corrected chi connectivity index (χ1v) is 8.42. The van der Waals surface area contributed by atoms with E-state index in [0.29, 0.717) is 11.6 Å². The van der Waals surface area contributed by atoms with Gasteiger partial charge in [-0.05, 0) is 49.8 Å². The van der Waals surface area contributed by atoms with Crippen molar-refractivity contribution in [2.45, 2.75) is 26.2 Å². The lowest BCUT2D eigenvalue weighted by Gasteiger charge is -2.32. The molecule has 3 aromatic heterocycles. The van der Waals surface area contributed by atoms with Crippen molar-refractivity contribution in [3.05, 3.63) is 53.7 Å². The van der Waals surface area contributed by atoms with Crippen LogP contribution in [0.25, 0.3) is 5.65 Å². The summed E-state index contributed by atoms with van der Waals surface area (Å²) in [4.78, 5) is 19.3. The third kappa shape index (κ3) is 2.91. The van der Waals surface area contributed by atoms with E-state index in [0.717, 1.165) is 49.3 Å². The molecule has 0 saturated carbocycles. The Kier molecular flexibility index (Phi) is 3.80. The van der Waals surface area contributed by atoms with Crippen molar-refractivity contribution in [3.8, 4) is 0 Å². The number of carbonyl (C=O) groups is 1. The highest BCUT2D eigenvalue weighted by molar-refractivity contribution is 5.93. The number of nitrogens with one attached hydrogen (secondary N) is 1. The van der Waals surface area contributed by atoms with Crippen molar-refractivity contribution in [2.24, 2.45) is 5.92 Å². The highest BCUT2D eigenvalue weighted by Crippen LogP contribution is 2.21. The fourth-order valence-electron chi connectivity index (χ4n) is 3.49. The van der Waals surface area contributed by atoms with Gasteiger partial charge in [-0.3, -0.25) is 9.89 Å². The second kappa shape index (κ2) is 6.11. The number of carbonyl (C=O) groups excluding carboxylic acids is 1. The Morgan fingerprint density at radius 3 is 3.08 bits per heavy atom. The van der Waals surface area contributed by atoms with Gasteiger partial charge in [0.1, 0.15) is 11.3 Å². The van der Waals surface area contributed by atoms with E-state index >= 15 is 0 Å². The largest absolute Gasteiger partial charge is 0.337 e. The van der Waals surface area contributed by atoms with E-state index < -0.39 is 0 Å². The van der Waals surface area contributed by atoms with Crippen LogP contribution in [0.3, 0.4) is 0 Å². The molecule has 24 heavy (non-hydrogen) atoms. The molecule has 3 aromatic rings. The molecule has 124 valence electrons. The molecule has 4 heterocycles. The predicted octanol–water partition coefficient (Wildman–Crippen LogP) is 2.46. The number of fused-ring (bicyclic) bond motifs is 1. The molecule has 6 nitrogen and oxygen atoms in total. The van der Waals surface area contributed by atoms with Crippen LogP contribution in [-0.2, 0) is 6.42 Å². The quantitative estimate of drug-likeness (QED) is 0.805. The first kappa shape index (κ1) is 14.9. The number of likely N-dealkylation sites (tertiary alicyclic amines) is 1. The Bertz CT molecular complexity index is 852. The molecule has 0 aromatic carbocycles. The molecule has 1 atom stereocenters. The van der Waals surface area contributed by atoms with Gasteiger partial charge in [-0.2, -0.15) is 5.10 Å². The first-order chi connectivity index (χ1) is 11.7. The van der Waals surface area contributed by atoms with Crippen LogP contribution in [-0.4, -0.2) is 43.5 Å². The monoisotopic (exact) mass is 323 g/mol. The van der Waals surface area contributed by atoms with Crippen LogP contribution >= 0.6 is 0 Å². The minimum absolute atomic E-state index is 0.0330. The van der Waals surface area contributed by atoms with Crippen molar-refractivity contribution in [1.29, 1.82) is 0 Å². The zero-order chi connectivity index (χ0) is 16.5. The average molecular weight is 323 g/mol. The summed E-state index contributed by atoms with van der Waals surface area (Å²) in [6.45, 7) is 3.63. The molecular weight excluding hydrogens is 302 g/mol. The number of aromatic nitrogens is 4. The second-order valence-corrected chi connectivity index (χ2v) is 6.64. The number of imidazole rings is 1. The third-order valence-electron chi connectivity index (χ3n) is 4.69. The maximum absolute atomic E-state index is 12.8. The van der Waals surface area contributed by atoms with Crippen molar-refractivity contribution >= 4 is 11.6 Å². The Morgan fingerprint density at radius 1 is 1.33 bits per heavy atom. The lowest BCUT2D eigenvalue weighted by molar-refractivity contribution is 0.0667. The number of hydrogen-bond donors (Lipinski definition) is 1. The summed E-state index contributed by atoms with van der Waals surface area (Å²) in [6, 6.07) is 5.96. The summed E-state index contributed by atoms with van der Waals surface area (Å²) in [7, 11) is 0. The molecule has 1 aliphatic rings. The second-order valence-electron chi connectivity index (χ2n) is 6.64. The van der Waals surface area contributed by atoms with E-state index in [1.165, 1.54) is 0 Å². The fourth-order valence-corrected chi connectivity index (χ4v) is 3.49. The summed E-state index contributed by atoms with van der Waals surface area (Å²) in [6.07, 6.45) is 8.73. The Labute approximate surface area is 140 Å². The number of piperidine rings is 1. The Balaban J connectivity index is 1.50. The van der Waals surface area contributed by atoms with Crippen LogP contribution in [0.2, 0.25) is 0 Å². The fraction of sp³-hybridized carbons (Fsp3) is 0.389. The lowest BCUT2D eigenvalue weighted by Crippen LogP contribution is -2.40. The molecule has 6 heteroatoms. The maximum atomic E-state index is 12.8. The van der Waals surface area contributed by atoms with Gasteiger partial charge in [0.2, 0.25) is 0 Å². The molecule has 4 rings (SSSR count). The van der Waals surface area contributed by atoms with Gasteiger partial charge in [0.15, 0.2) is 0 Å². The highest BCUT2D eigenvalue weighted by Gasteiger charge is 2.26. The number of amides is 1. The van der Waals surface area contributed by atoms with Gasteiger partial charge in [0.25, 0.3) is 5.91 Å². The molecular formula is C18H21N5O. The van der Waals surface area contributed by atoms with Crippen molar-refractivity contribution in [1.82, 2.24) is 24.5 Å². The van der Waals surface area contributed by atoms with Crippen LogP contribution < -0.4 is 0 Å². The standard InChI is InChI=1S/C18H21N5O/c1-13-4-5-17-20-16(12-23(17)10-13)18(24)22-8-2-3-14(11-22)9-15-6-7-19-21-15/h4-7,10,12,14H,2-3,8-9,11H2,1H3,(H,19,21). The van der Waals surface area contributed by atoms with Crippen molar-refractivity contribution in [3.63, 3.8) is 0 Å². The molecule has 1 fully saturated rings. The zero-order valence-corrected chi connectivity index (χ0v) is 13.8. The van der Waals surface area contributed by atoms with Gasteiger partial charge in [-0.25, -0.2) is 4.98 Å². The van der Waals surface area contributed by atoms with E-state index in [2.05, 4.69) is 15.2 Å². The number of nitrogens with zero attached hydrogens (tertiary/aromatic N) is 4. The van der Waals surface area contributed by atoms with Gasteiger partial charge in [0, 0.05) is 37.4 Å². The zero-order valence-electron chi connectivity index (χ0n) is 13.8. The predicted molar refractivity (Wildman–Crippen MR) is 90.8 cm³/mol. The SMILES string of the molecule is Cc1ccc2nc(C(=O)N3CCCC(Cc4ccn[nH]4)C3)cn2c1. The van der Waals surface area contributed by atoms with Crippen LogP contribution in [0, 0.1) is 12.8 Å². The number of hydrogen-bond acceptors (Lipinski definition) is 3. The van der Waals surface area contributed by atoms with Crippen LogP contribution in [0.4, 0.5) is 0 Å². The molecule has 0 spiro atoms. The van der Waals surface area contributed by atoms with Crippen LogP contribution in [0.1, 0.15) is 34.6 Å². The van der Waals surface area contributed by atoms with E-state index in [4.69, 9.17) is 0 Å². The third-order valence-corrected chi connectivity index (χ3v) is 4.69. The Morgan fingerprint density at radius 2 is 2.25 bits per heavy atom. The molecule has 1 N–H and O–H groups in total. The number of rotatable bonds is 3. The topological polar surface area (TPSA) is 66.3 Å². The smallest absolute Gasteiger partial charge is 0.274 e. The van der Waals surface area contributed by atoms with E-state index in [-0.39, 0.29) is 5.91 Å². The van der Waals surface area contributed by atoms with Gasteiger partial charge >= 0.3 is 0 Å². The molecule has 1 saturated heterocycles. The first-order valence-electron chi connectivity index (χ1n) is 8.42. The van der Waals surface area contributed by atoms with Gasteiger partial charge in [0.05, 0.1) is 0 Å². The molecule has 0 radical (unpaired) electrons. The summed E-state index contributed by atoms with van der Waals surface area (Å²) in [5, 5.41) is 7.02. The minimum atomic E-state index is 0.0330. The summed E-state index contributed by atoms with van der Waals surface area (Å²) in [5.41, 5.74) is 3.63. The van der Waals surface area contributed by atoms with Gasteiger partial charge < -0.3 is 9.30 Å². The van der Waals surface area contributed by atoms with Gasteiger partial charge in [-0.1, -0.05) is 6.07 Å². The number of aryl methyl sites for hydroxylation is 1. The van der Waals surface area contributed by atoms with Crippen LogP contribution in [0.5, 0.6) is 0 Å². The lowest BCUT2D eigenvalue weighted by atomic mass is 9.93. The molecule has 1 unspecified atom stereocenters. The summed E-state index contributed by atoms with van der Waals surface area (Å²) < 4.78 is 1.93. The maximum Gasteiger partial charge on any atom is 0.274 e. The summed E-state index contributed by atoms with van der Waals surface area (Å²) >= 11 is 0.